The zero-order valence-electron chi connectivity index (χ0n) is 12.6. The van der Waals surface area contributed by atoms with Crippen molar-refractivity contribution in [3.63, 3.8) is 0 Å². The lowest BCUT2D eigenvalue weighted by atomic mass is 10.2. The van der Waals surface area contributed by atoms with Crippen molar-refractivity contribution in [2.45, 2.75) is 13.8 Å². The average Bonchev–Trinajstić information content (AvgIpc) is 3.14. The first-order chi connectivity index (χ1) is 11.1. The maximum atomic E-state index is 11.9. The standard InChI is InChI=1S/C14H15N7O2/c1-9-6-13(18-23-9)16-14(22)8-15-11-4-3-5-12(7-11)21-10(2)17-19-20-21/h3-7,15H,8H2,1-2H3,(H,16,18,22). The molecule has 0 aliphatic rings. The van der Waals surface area contributed by atoms with Crippen LogP contribution in [0.3, 0.4) is 0 Å². The summed E-state index contributed by atoms with van der Waals surface area (Å²) in [6, 6.07) is 9.11. The number of benzene rings is 1. The van der Waals surface area contributed by atoms with Crippen molar-refractivity contribution in [3.8, 4) is 5.69 Å². The van der Waals surface area contributed by atoms with Crippen LogP contribution in [0.25, 0.3) is 5.69 Å². The molecule has 0 atom stereocenters. The Hall–Kier alpha value is -3.23. The van der Waals surface area contributed by atoms with Crippen LogP contribution in [0.1, 0.15) is 11.6 Å². The van der Waals surface area contributed by atoms with Gasteiger partial charge in [-0.15, -0.1) is 5.10 Å². The first-order valence-electron chi connectivity index (χ1n) is 6.94. The number of tetrazole rings is 1. The number of aromatic nitrogens is 5. The van der Waals surface area contributed by atoms with Gasteiger partial charge in [0.15, 0.2) is 11.6 Å². The van der Waals surface area contributed by atoms with Gasteiger partial charge >= 0.3 is 0 Å². The van der Waals surface area contributed by atoms with E-state index in [-0.39, 0.29) is 12.5 Å². The minimum absolute atomic E-state index is 0.101. The van der Waals surface area contributed by atoms with Crippen molar-refractivity contribution in [3.05, 3.63) is 41.9 Å². The Balaban J connectivity index is 1.62. The fourth-order valence-electron chi connectivity index (χ4n) is 2.01. The Kier molecular flexibility index (Phi) is 4.00. The summed E-state index contributed by atoms with van der Waals surface area (Å²) in [6.45, 7) is 3.67. The number of anilines is 2. The van der Waals surface area contributed by atoms with Crippen molar-refractivity contribution >= 4 is 17.4 Å². The highest BCUT2D eigenvalue weighted by atomic mass is 16.5. The fourth-order valence-corrected chi connectivity index (χ4v) is 2.01. The molecule has 0 saturated carbocycles. The number of carbonyl (C=O) groups excluding carboxylic acids is 1. The highest BCUT2D eigenvalue weighted by Gasteiger charge is 2.07. The molecule has 3 aromatic rings. The van der Waals surface area contributed by atoms with E-state index in [1.54, 1.807) is 17.7 Å². The Bertz CT molecular complexity index is 824. The third kappa shape index (κ3) is 3.51. The third-order valence-electron chi connectivity index (χ3n) is 3.06. The molecule has 118 valence electrons. The van der Waals surface area contributed by atoms with E-state index in [0.29, 0.717) is 17.4 Å². The van der Waals surface area contributed by atoms with Gasteiger partial charge in [-0.05, 0) is 42.5 Å². The molecule has 2 aromatic heterocycles. The summed E-state index contributed by atoms with van der Waals surface area (Å²) in [6.07, 6.45) is 0. The van der Waals surface area contributed by atoms with E-state index in [2.05, 4.69) is 31.3 Å². The van der Waals surface area contributed by atoms with Crippen molar-refractivity contribution in [2.24, 2.45) is 0 Å². The Labute approximate surface area is 131 Å². The van der Waals surface area contributed by atoms with Gasteiger partial charge in [0, 0.05) is 11.8 Å². The number of hydrogen-bond acceptors (Lipinski definition) is 7. The second-order valence-electron chi connectivity index (χ2n) is 4.91. The topological polar surface area (TPSA) is 111 Å². The van der Waals surface area contributed by atoms with Crippen LogP contribution in [0.15, 0.2) is 34.9 Å². The van der Waals surface area contributed by atoms with Gasteiger partial charge in [-0.1, -0.05) is 11.2 Å². The van der Waals surface area contributed by atoms with Gasteiger partial charge in [-0.2, -0.15) is 4.68 Å². The summed E-state index contributed by atoms with van der Waals surface area (Å²) in [5, 5.41) is 20.8. The third-order valence-corrected chi connectivity index (χ3v) is 3.06. The summed E-state index contributed by atoms with van der Waals surface area (Å²) in [7, 11) is 0. The van der Waals surface area contributed by atoms with E-state index in [9.17, 15) is 4.79 Å². The number of aryl methyl sites for hydroxylation is 2. The van der Waals surface area contributed by atoms with Crippen molar-refractivity contribution < 1.29 is 9.32 Å². The molecule has 0 bridgehead atoms. The Morgan fingerprint density at radius 3 is 2.87 bits per heavy atom. The molecular formula is C14H15N7O2. The predicted molar refractivity (Wildman–Crippen MR) is 82.3 cm³/mol. The highest BCUT2D eigenvalue weighted by molar-refractivity contribution is 5.92. The molecule has 1 aromatic carbocycles. The number of nitrogens with one attached hydrogen (secondary N) is 2. The van der Waals surface area contributed by atoms with Crippen LogP contribution in [-0.4, -0.2) is 37.8 Å². The zero-order chi connectivity index (χ0) is 16.2. The number of hydrogen-bond donors (Lipinski definition) is 2. The second-order valence-corrected chi connectivity index (χ2v) is 4.91. The van der Waals surface area contributed by atoms with E-state index in [1.165, 1.54) is 0 Å². The van der Waals surface area contributed by atoms with Crippen molar-refractivity contribution in [1.29, 1.82) is 0 Å². The number of carbonyl (C=O) groups is 1. The SMILES string of the molecule is Cc1cc(NC(=O)CNc2cccc(-n3nnnc3C)c2)no1. The van der Waals surface area contributed by atoms with E-state index in [0.717, 1.165) is 11.4 Å². The number of nitrogens with zero attached hydrogens (tertiary/aromatic N) is 5. The van der Waals surface area contributed by atoms with Gasteiger partial charge in [0.05, 0.1) is 12.2 Å². The summed E-state index contributed by atoms with van der Waals surface area (Å²) in [4.78, 5) is 11.9. The second kappa shape index (κ2) is 6.26. The van der Waals surface area contributed by atoms with E-state index in [1.807, 2.05) is 31.2 Å². The molecule has 0 spiro atoms. The van der Waals surface area contributed by atoms with Crippen LogP contribution < -0.4 is 10.6 Å². The van der Waals surface area contributed by atoms with Crippen LogP contribution in [0.4, 0.5) is 11.5 Å². The molecule has 0 unspecified atom stereocenters. The smallest absolute Gasteiger partial charge is 0.244 e. The van der Waals surface area contributed by atoms with Crippen molar-refractivity contribution in [2.75, 3.05) is 17.2 Å². The first kappa shape index (κ1) is 14.7. The molecule has 1 amide bonds. The molecule has 9 heteroatoms. The molecular weight excluding hydrogens is 298 g/mol. The normalized spacial score (nSPS) is 10.5. The molecule has 23 heavy (non-hydrogen) atoms. The number of rotatable bonds is 5. The Morgan fingerprint density at radius 1 is 1.30 bits per heavy atom. The quantitative estimate of drug-likeness (QED) is 0.730. The minimum Gasteiger partial charge on any atom is -0.376 e. The molecule has 0 aliphatic heterocycles. The first-order valence-corrected chi connectivity index (χ1v) is 6.94. The molecule has 0 saturated heterocycles. The van der Waals surface area contributed by atoms with Gasteiger partial charge in [0.25, 0.3) is 0 Å². The van der Waals surface area contributed by atoms with E-state index < -0.39 is 0 Å². The largest absolute Gasteiger partial charge is 0.376 e. The molecule has 0 aliphatic carbocycles. The maximum absolute atomic E-state index is 11.9. The van der Waals surface area contributed by atoms with Crippen LogP contribution in [0.5, 0.6) is 0 Å². The molecule has 0 fully saturated rings. The average molecular weight is 313 g/mol. The van der Waals surface area contributed by atoms with E-state index >= 15 is 0 Å². The lowest BCUT2D eigenvalue weighted by Gasteiger charge is -2.08. The number of amides is 1. The van der Waals surface area contributed by atoms with Gasteiger partial charge in [0.2, 0.25) is 5.91 Å². The Morgan fingerprint density at radius 2 is 2.17 bits per heavy atom. The van der Waals surface area contributed by atoms with E-state index in [4.69, 9.17) is 4.52 Å². The van der Waals surface area contributed by atoms with Gasteiger partial charge in [0.1, 0.15) is 5.76 Å². The summed E-state index contributed by atoms with van der Waals surface area (Å²) in [5.74, 6) is 1.49. The van der Waals surface area contributed by atoms with Crippen LogP contribution in [0.2, 0.25) is 0 Å². The highest BCUT2D eigenvalue weighted by Crippen LogP contribution is 2.14. The van der Waals surface area contributed by atoms with Gasteiger partial charge in [-0.3, -0.25) is 4.79 Å². The summed E-state index contributed by atoms with van der Waals surface area (Å²) < 4.78 is 6.50. The maximum Gasteiger partial charge on any atom is 0.244 e. The molecule has 9 nitrogen and oxygen atoms in total. The van der Waals surface area contributed by atoms with Gasteiger partial charge < -0.3 is 15.2 Å². The zero-order valence-corrected chi connectivity index (χ0v) is 12.6. The molecule has 2 N–H and O–H groups in total. The molecule has 0 radical (unpaired) electrons. The van der Waals surface area contributed by atoms with Crippen LogP contribution in [-0.2, 0) is 4.79 Å². The lowest BCUT2D eigenvalue weighted by molar-refractivity contribution is -0.114. The van der Waals surface area contributed by atoms with Gasteiger partial charge in [-0.25, -0.2) is 0 Å². The minimum atomic E-state index is -0.220. The molecule has 2 heterocycles. The molecule has 3 rings (SSSR count). The summed E-state index contributed by atoms with van der Waals surface area (Å²) >= 11 is 0. The van der Waals surface area contributed by atoms with Crippen LogP contribution >= 0.6 is 0 Å². The monoisotopic (exact) mass is 313 g/mol. The van der Waals surface area contributed by atoms with Crippen LogP contribution in [0, 0.1) is 13.8 Å². The summed E-state index contributed by atoms with van der Waals surface area (Å²) in [5.41, 5.74) is 1.59. The fraction of sp³-hybridized carbons (Fsp3) is 0.214. The predicted octanol–water partition coefficient (Wildman–Crippen LogP) is 1.32. The lowest BCUT2D eigenvalue weighted by Crippen LogP contribution is -2.21. The van der Waals surface area contributed by atoms with Crippen molar-refractivity contribution in [1.82, 2.24) is 25.4 Å².